The molecule has 0 spiro atoms. The van der Waals surface area contributed by atoms with E-state index >= 15 is 0 Å². The number of aromatic nitrogens is 3. The van der Waals surface area contributed by atoms with E-state index in [0.29, 0.717) is 17.2 Å². The smallest absolute Gasteiger partial charge is 0.258 e. The zero-order valence-corrected chi connectivity index (χ0v) is 19.6. The molecule has 0 radical (unpaired) electrons. The lowest BCUT2D eigenvalue weighted by Crippen LogP contribution is -2.27. The Labute approximate surface area is 183 Å². The van der Waals surface area contributed by atoms with Gasteiger partial charge in [0.2, 0.25) is 0 Å². The maximum absolute atomic E-state index is 13.6. The second kappa shape index (κ2) is 7.15. The van der Waals surface area contributed by atoms with Crippen LogP contribution in [0.2, 0.25) is 0 Å². The van der Waals surface area contributed by atoms with Crippen molar-refractivity contribution in [3.63, 3.8) is 0 Å². The molecule has 0 bridgehead atoms. The van der Waals surface area contributed by atoms with E-state index in [2.05, 4.69) is 20.8 Å². The van der Waals surface area contributed by atoms with E-state index in [1.54, 1.807) is 24.1 Å². The third-order valence-corrected chi connectivity index (χ3v) is 6.78. The molecule has 164 valence electrons. The van der Waals surface area contributed by atoms with Gasteiger partial charge < -0.3 is 4.90 Å². The number of pyridine rings is 1. The van der Waals surface area contributed by atoms with Crippen LogP contribution in [0, 0.1) is 6.92 Å². The normalized spacial score (nSPS) is 14.8. The Bertz CT molecular complexity index is 1280. The molecule has 0 N–H and O–H groups in total. The van der Waals surface area contributed by atoms with Gasteiger partial charge in [-0.25, -0.2) is 18.1 Å². The summed E-state index contributed by atoms with van der Waals surface area (Å²) in [6.07, 6.45) is 3.33. The van der Waals surface area contributed by atoms with Crippen LogP contribution in [0.3, 0.4) is 0 Å². The lowest BCUT2D eigenvalue weighted by atomic mass is 10.1. The van der Waals surface area contributed by atoms with Crippen LogP contribution >= 0.6 is 0 Å². The molecule has 1 fully saturated rings. The van der Waals surface area contributed by atoms with Gasteiger partial charge in [0, 0.05) is 30.6 Å². The van der Waals surface area contributed by atoms with Crippen molar-refractivity contribution >= 4 is 32.5 Å². The Balaban J connectivity index is 1.83. The van der Waals surface area contributed by atoms with Gasteiger partial charge in [-0.2, -0.15) is 5.10 Å². The third kappa shape index (κ3) is 3.96. The van der Waals surface area contributed by atoms with E-state index in [1.165, 1.54) is 18.4 Å². The topological polar surface area (TPSA) is 85.2 Å². The number of fused-ring (bicyclic) bond motifs is 1. The molecule has 1 aromatic carbocycles. The number of anilines is 1. The van der Waals surface area contributed by atoms with Crippen molar-refractivity contribution in [2.75, 3.05) is 18.2 Å². The minimum atomic E-state index is -3.29. The fraction of sp³-hybridized carbons (Fsp3) is 0.435. The SMILES string of the molecule is Cc1nn(C(C)(C)C)c2nc(C3CC3)cc(C(=O)N(C)c3ccc(S(C)(=O)=O)cc3)c12. The second-order valence-corrected chi connectivity index (χ2v) is 11.4. The fourth-order valence-electron chi connectivity index (χ4n) is 3.75. The zero-order chi connectivity index (χ0) is 22.7. The van der Waals surface area contributed by atoms with E-state index in [9.17, 15) is 13.2 Å². The van der Waals surface area contributed by atoms with Crippen molar-refractivity contribution in [3.05, 3.63) is 47.3 Å². The van der Waals surface area contributed by atoms with Gasteiger partial charge in [0.15, 0.2) is 15.5 Å². The Kier molecular flexibility index (Phi) is 4.96. The summed E-state index contributed by atoms with van der Waals surface area (Å²) >= 11 is 0. The Hall–Kier alpha value is -2.74. The predicted octanol–water partition coefficient (Wildman–Crippen LogP) is 4.05. The van der Waals surface area contributed by atoms with Crippen LogP contribution in [0.5, 0.6) is 0 Å². The molecule has 0 saturated heterocycles. The Morgan fingerprint density at radius 3 is 2.29 bits per heavy atom. The maximum Gasteiger partial charge on any atom is 0.258 e. The highest BCUT2D eigenvalue weighted by atomic mass is 32.2. The van der Waals surface area contributed by atoms with Crippen LogP contribution in [-0.2, 0) is 15.4 Å². The van der Waals surface area contributed by atoms with Crippen molar-refractivity contribution in [1.82, 2.24) is 14.8 Å². The first-order valence-corrected chi connectivity index (χ1v) is 12.3. The minimum Gasteiger partial charge on any atom is -0.311 e. The first-order valence-electron chi connectivity index (χ1n) is 10.4. The summed E-state index contributed by atoms with van der Waals surface area (Å²) in [5.41, 5.74) is 3.37. The van der Waals surface area contributed by atoms with Crippen molar-refractivity contribution in [3.8, 4) is 0 Å². The molecule has 0 unspecified atom stereocenters. The van der Waals surface area contributed by atoms with Gasteiger partial charge in [0.1, 0.15) is 0 Å². The van der Waals surface area contributed by atoms with Crippen LogP contribution in [-0.4, -0.2) is 42.4 Å². The molecule has 2 aromatic heterocycles. The molecule has 7 nitrogen and oxygen atoms in total. The largest absolute Gasteiger partial charge is 0.311 e. The van der Waals surface area contributed by atoms with E-state index in [0.717, 1.165) is 35.3 Å². The third-order valence-electron chi connectivity index (χ3n) is 5.65. The van der Waals surface area contributed by atoms with Gasteiger partial charge in [-0.1, -0.05) is 0 Å². The molecule has 1 saturated carbocycles. The summed E-state index contributed by atoms with van der Waals surface area (Å²) in [6.45, 7) is 8.12. The van der Waals surface area contributed by atoms with Gasteiger partial charge >= 0.3 is 0 Å². The number of rotatable bonds is 4. The number of aryl methyl sites for hydroxylation is 1. The van der Waals surface area contributed by atoms with Crippen molar-refractivity contribution in [1.29, 1.82) is 0 Å². The lowest BCUT2D eigenvalue weighted by molar-refractivity contribution is 0.0994. The van der Waals surface area contributed by atoms with Crippen LogP contribution in [0.25, 0.3) is 11.0 Å². The first kappa shape index (κ1) is 21.5. The Morgan fingerprint density at radius 2 is 1.77 bits per heavy atom. The molecule has 0 atom stereocenters. The predicted molar refractivity (Wildman–Crippen MR) is 122 cm³/mol. The molecule has 8 heteroatoms. The summed E-state index contributed by atoms with van der Waals surface area (Å²) < 4.78 is 25.4. The summed E-state index contributed by atoms with van der Waals surface area (Å²) in [6, 6.07) is 8.26. The highest BCUT2D eigenvalue weighted by Gasteiger charge is 2.31. The molecule has 1 amide bonds. The molecule has 4 rings (SSSR count). The van der Waals surface area contributed by atoms with Gasteiger partial charge in [-0.3, -0.25) is 4.79 Å². The number of sulfone groups is 1. The molecule has 3 aromatic rings. The summed E-state index contributed by atoms with van der Waals surface area (Å²) in [5, 5.41) is 5.48. The fourth-order valence-corrected chi connectivity index (χ4v) is 4.38. The van der Waals surface area contributed by atoms with Gasteiger partial charge in [-0.05, 0) is 70.9 Å². The highest BCUT2D eigenvalue weighted by molar-refractivity contribution is 7.90. The number of hydrogen-bond donors (Lipinski definition) is 0. The molecular formula is C23H28N4O3S. The van der Waals surface area contributed by atoms with E-state index in [1.807, 2.05) is 17.7 Å². The standard InChI is InChI=1S/C23H28N4O3S/c1-14-20-18(22(28)26(5)16-9-11-17(12-10-16)31(6,29)30)13-19(15-7-8-15)24-21(20)27(25-14)23(2,3)4/h9-13,15H,7-8H2,1-6H3. The summed E-state index contributed by atoms with van der Waals surface area (Å²) in [7, 11) is -1.60. The Morgan fingerprint density at radius 1 is 1.16 bits per heavy atom. The minimum absolute atomic E-state index is 0.169. The van der Waals surface area contributed by atoms with Crippen LogP contribution < -0.4 is 4.90 Å². The van der Waals surface area contributed by atoms with Crippen molar-refractivity contribution in [2.45, 2.75) is 56.9 Å². The molecule has 0 aliphatic heterocycles. The van der Waals surface area contributed by atoms with E-state index in [4.69, 9.17) is 10.1 Å². The zero-order valence-electron chi connectivity index (χ0n) is 18.8. The highest BCUT2D eigenvalue weighted by Crippen LogP contribution is 2.41. The van der Waals surface area contributed by atoms with Crippen molar-refractivity contribution in [2.24, 2.45) is 0 Å². The molecular weight excluding hydrogens is 412 g/mol. The first-order chi connectivity index (χ1) is 14.4. The second-order valence-electron chi connectivity index (χ2n) is 9.37. The van der Waals surface area contributed by atoms with Crippen LogP contribution in [0.1, 0.15) is 61.3 Å². The number of amides is 1. The lowest BCUT2D eigenvalue weighted by Gasteiger charge is -2.21. The van der Waals surface area contributed by atoms with Gasteiger partial charge in [0.25, 0.3) is 5.91 Å². The van der Waals surface area contributed by atoms with E-state index in [-0.39, 0.29) is 16.3 Å². The van der Waals surface area contributed by atoms with Crippen LogP contribution in [0.4, 0.5) is 5.69 Å². The molecule has 1 aliphatic carbocycles. The summed E-state index contributed by atoms with van der Waals surface area (Å²) in [5.74, 6) is 0.219. The number of nitrogens with zero attached hydrogens (tertiary/aromatic N) is 4. The van der Waals surface area contributed by atoms with E-state index < -0.39 is 9.84 Å². The molecule has 2 heterocycles. The average Bonchev–Trinajstić information content (AvgIpc) is 3.48. The van der Waals surface area contributed by atoms with Crippen molar-refractivity contribution < 1.29 is 13.2 Å². The number of carbonyl (C=O) groups is 1. The number of hydrogen-bond acceptors (Lipinski definition) is 5. The van der Waals surface area contributed by atoms with Gasteiger partial charge in [-0.15, -0.1) is 0 Å². The molecule has 31 heavy (non-hydrogen) atoms. The van der Waals surface area contributed by atoms with Crippen LogP contribution in [0.15, 0.2) is 35.2 Å². The monoisotopic (exact) mass is 440 g/mol. The number of benzene rings is 1. The molecule has 1 aliphatic rings. The average molecular weight is 441 g/mol. The maximum atomic E-state index is 13.6. The van der Waals surface area contributed by atoms with Gasteiger partial charge in [0.05, 0.1) is 27.1 Å². The quantitative estimate of drug-likeness (QED) is 0.611. The summed E-state index contributed by atoms with van der Waals surface area (Å²) in [4.78, 5) is 20.3. The number of carbonyl (C=O) groups excluding carboxylic acids is 1.